The van der Waals surface area contributed by atoms with Gasteiger partial charge in [-0.1, -0.05) is 37.6 Å². The quantitative estimate of drug-likeness (QED) is 0.578. The molecule has 1 aliphatic carbocycles. The summed E-state index contributed by atoms with van der Waals surface area (Å²) in [6.07, 6.45) is 2.98. The van der Waals surface area contributed by atoms with Gasteiger partial charge in [-0.25, -0.2) is 0 Å². The second-order valence-corrected chi connectivity index (χ2v) is 6.76. The second-order valence-electron chi connectivity index (χ2n) is 6.33. The Morgan fingerprint density at radius 1 is 1.35 bits per heavy atom. The van der Waals surface area contributed by atoms with E-state index in [-0.39, 0.29) is 5.92 Å². The number of hydrogen-bond donors (Lipinski definition) is 3. The maximum absolute atomic E-state index is 11.1. The lowest BCUT2D eigenvalue weighted by Gasteiger charge is -2.37. The highest BCUT2D eigenvalue weighted by Gasteiger charge is 2.49. The number of hydrazine groups is 1. The Hall–Kier alpha value is -0.610. The largest absolute Gasteiger partial charge is 0.388 e. The number of aliphatic hydroxyl groups is 1. The maximum Gasteiger partial charge on any atom is 0.0846 e. The summed E-state index contributed by atoms with van der Waals surface area (Å²) in [5, 5.41) is 11.9. The van der Waals surface area contributed by atoms with E-state index >= 15 is 0 Å². The lowest BCUT2D eigenvalue weighted by Crippen LogP contribution is -2.52. The van der Waals surface area contributed by atoms with Crippen LogP contribution in [0.1, 0.15) is 32.3 Å². The van der Waals surface area contributed by atoms with Crippen molar-refractivity contribution in [3.05, 3.63) is 34.9 Å². The smallest absolute Gasteiger partial charge is 0.0846 e. The number of rotatable bonds is 5. The van der Waals surface area contributed by atoms with E-state index in [9.17, 15) is 5.11 Å². The molecule has 20 heavy (non-hydrogen) atoms. The number of nitrogens with one attached hydrogen (secondary N) is 1. The van der Waals surface area contributed by atoms with Gasteiger partial charge in [0.05, 0.1) is 5.60 Å². The van der Waals surface area contributed by atoms with Crippen molar-refractivity contribution >= 4 is 11.6 Å². The van der Waals surface area contributed by atoms with Gasteiger partial charge in [-0.15, -0.1) is 0 Å². The Morgan fingerprint density at radius 3 is 2.55 bits per heavy atom. The molecular weight excluding hydrogens is 272 g/mol. The van der Waals surface area contributed by atoms with Gasteiger partial charge in [-0.2, -0.15) is 0 Å². The van der Waals surface area contributed by atoms with E-state index in [0.29, 0.717) is 18.4 Å². The third kappa shape index (κ3) is 3.17. The number of benzene rings is 1. The van der Waals surface area contributed by atoms with Crippen LogP contribution in [0.2, 0.25) is 5.02 Å². The molecule has 0 saturated heterocycles. The van der Waals surface area contributed by atoms with E-state index in [0.717, 1.165) is 24.3 Å². The molecule has 3 unspecified atom stereocenters. The van der Waals surface area contributed by atoms with Crippen LogP contribution in [0.3, 0.4) is 0 Å². The first-order chi connectivity index (χ1) is 9.47. The fourth-order valence-corrected chi connectivity index (χ4v) is 3.84. The second kappa shape index (κ2) is 6.44. The van der Waals surface area contributed by atoms with Crippen LogP contribution in [0.5, 0.6) is 0 Å². The van der Waals surface area contributed by atoms with Crippen LogP contribution in [-0.2, 0) is 6.42 Å². The molecule has 0 heterocycles. The third-order valence-electron chi connectivity index (χ3n) is 4.76. The highest BCUT2D eigenvalue weighted by Crippen LogP contribution is 2.45. The molecule has 0 radical (unpaired) electrons. The minimum atomic E-state index is -0.720. The number of halogens is 1. The van der Waals surface area contributed by atoms with Gasteiger partial charge in [0, 0.05) is 11.6 Å². The first kappa shape index (κ1) is 15.8. The average molecular weight is 297 g/mol. The van der Waals surface area contributed by atoms with E-state index in [1.54, 1.807) is 0 Å². The van der Waals surface area contributed by atoms with E-state index < -0.39 is 5.60 Å². The molecule has 0 aliphatic heterocycles. The summed E-state index contributed by atoms with van der Waals surface area (Å²) in [5.74, 6) is 6.51. The molecule has 3 nitrogen and oxygen atoms in total. The van der Waals surface area contributed by atoms with Crippen molar-refractivity contribution in [3.8, 4) is 0 Å². The molecular formula is C16H25ClN2O. The van der Waals surface area contributed by atoms with Crippen molar-refractivity contribution in [2.45, 2.75) is 38.7 Å². The predicted octanol–water partition coefficient (Wildman–Crippen LogP) is 2.76. The molecule has 1 fully saturated rings. The Labute approximate surface area is 126 Å². The average Bonchev–Trinajstić information content (AvgIpc) is 2.70. The molecule has 0 spiro atoms. The Bertz CT molecular complexity index is 435. The summed E-state index contributed by atoms with van der Waals surface area (Å²) in [6, 6.07) is 7.90. The molecule has 1 aromatic carbocycles. The Morgan fingerprint density at radius 2 is 2.00 bits per heavy atom. The van der Waals surface area contributed by atoms with Gasteiger partial charge in [0.2, 0.25) is 0 Å². The van der Waals surface area contributed by atoms with Gasteiger partial charge in [0.15, 0.2) is 0 Å². The van der Waals surface area contributed by atoms with Gasteiger partial charge in [0.1, 0.15) is 0 Å². The first-order valence-corrected chi connectivity index (χ1v) is 7.75. The molecule has 1 aromatic rings. The maximum atomic E-state index is 11.1. The number of nitrogens with two attached hydrogens (primary N) is 1. The summed E-state index contributed by atoms with van der Waals surface area (Å²) in [4.78, 5) is 0. The highest BCUT2D eigenvalue weighted by atomic mass is 35.5. The summed E-state index contributed by atoms with van der Waals surface area (Å²) >= 11 is 5.92. The minimum Gasteiger partial charge on any atom is -0.388 e. The molecule has 0 amide bonds. The Balaban J connectivity index is 2.15. The third-order valence-corrected chi connectivity index (χ3v) is 5.01. The predicted molar refractivity (Wildman–Crippen MR) is 83.3 cm³/mol. The molecule has 3 atom stereocenters. The zero-order valence-electron chi connectivity index (χ0n) is 12.3. The molecule has 4 heteroatoms. The summed E-state index contributed by atoms with van der Waals surface area (Å²) < 4.78 is 0. The van der Waals surface area contributed by atoms with E-state index in [1.807, 2.05) is 24.3 Å². The fourth-order valence-electron chi connectivity index (χ4n) is 3.72. The molecule has 2 rings (SSSR count). The fraction of sp³-hybridized carbons (Fsp3) is 0.625. The van der Waals surface area contributed by atoms with Crippen LogP contribution in [0.4, 0.5) is 0 Å². The van der Waals surface area contributed by atoms with E-state index in [2.05, 4.69) is 19.3 Å². The monoisotopic (exact) mass is 296 g/mol. The molecule has 4 N–H and O–H groups in total. The van der Waals surface area contributed by atoms with Crippen LogP contribution in [0.25, 0.3) is 0 Å². The van der Waals surface area contributed by atoms with Crippen LogP contribution in [0, 0.1) is 17.8 Å². The molecule has 1 saturated carbocycles. The zero-order chi connectivity index (χ0) is 14.8. The molecule has 0 aromatic heterocycles. The summed E-state index contributed by atoms with van der Waals surface area (Å²) in [6.45, 7) is 4.81. The lowest BCUT2D eigenvalue weighted by molar-refractivity contribution is -0.0489. The SMILES string of the molecule is CC(C)C1CCC(Cc2ccc(Cl)cc2)C1(O)CNN. The van der Waals surface area contributed by atoms with Crippen LogP contribution < -0.4 is 11.3 Å². The van der Waals surface area contributed by atoms with E-state index in [4.69, 9.17) is 17.4 Å². The summed E-state index contributed by atoms with van der Waals surface area (Å²) in [7, 11) is 0. The first-order valence-electron chi connectivity index (χ1n) is 7.37. The van der Waals surface area contributed by atoms with Gasteiger partial charge >= 0.3 is 0 Å². The van der Waals surface area contributed by atoms with Crippen molar-refractivity contribution in [1.82, 2.24) is 5.43 Å². The van der Waals surface area contributed by atoms with Crippen LogP contribution in [-0.4, -0.2) is 17.3 Å². The van der Waals surface area contributed by atoms with Crippen molar-refractivity contribution in [2.75, 3.05) is 6.54 Å². The minimum absolute atomic E-state index is 0.243. The lowest BCUT2D eigenvalue weighted by atomic mass is 9.76. The molecule has 112 valence electrons. The van der Waals surface area contributed by atoms with Gasteiger partial charge in [0.25, 0.3) is 0 Å². The van der Waals surface area contributed by atoms with Crippen molar-refractivity contribution in [3.63, 3.8) is 0 Å². The molecule has 0 bridgehead atoms. The standard InChI is InChI=1S/C16H25ClN2O/c1-11(2)15-8-5-13(16(15,20)10-19-18)9-12-3-6-14(17)7-4-12/h3-4,6-7,11,13,15,19-20H,5,8-10,18H2,1-2H3. The van der Waals surface area contributed by atoms with E-state index in [1.165, 1.54) is 5.56 Å². The normalized spacial score (nSPS) is 30.1. The van der Waals surface area contributed by atoms with Crippen molar-refractivity contribution in [1.29, 1.82) is 0 Å². The number of hydrogen-bond acceptors (Lipinski definition) is 3. The van der Waals surface area contributed by atoms with Crippen LogP contribution in [0.15, 0.2) is 24.3 Å². The molecule has 1 aliphatic rings. The Kier molecular flexibility index (Phi) is 5.08. The van der Waals surface area contributed by atoms with Crippen molar-refractivity contribution in [2.24, 2.45) is 23.6 Å². The van der Waals surface area contributed by atoms with Gasteiger partial charge in [-0.3, -0.25) is 11.3 Å². The van der Waals surface area contributed by atoms with Gasteiger partial charge in [-0.05, 0) is 54.7 Å². The topological polar surface area (TPSA) is 58.3 Å². The zero-order valence-corrected chi connectivity index (χ0v) is 13.0. The van der Waals surface area contributed by atoms with Crippen LogP contribution >= 0.6 is 11.6 Å². The van der Waals surface area contributed by atoms with Crippen molar-refractivity contribution < 1.29 is 5.11 Å². The summed E-state index contributed by atoms with van der Waals surface area (Å²) in [5.41, 5.74) is 3.19. The van der Waals surface area contributed by atoms with Gasteiger partial charge < -0.3 is 5.11 Å². The highest BCUT2D eigenvalue weighted by molar-refractivity contribution is 6.30.